The van der Waals surface area contributed by atoms with Crippen LogP contribution >= 0.6 is 11.3 Å². The zero-order valence-corrected chi connectivity index (χ0v) is 15.4. The Kier molecular flexibility index (Phi) is 6.00. The van der Waals surface area contributed by atoms with E-state index in [0.29, 0.717) is 19.6 Å². The number of nitrogens with zero attached hydrogens (tertiary/aromatic N) is 1. The van der Waals surface area contributed by atoms with Crippen LogP contribution in [0.3, 0.4) is 0 Å². The lowest BCUT2D eigenvalue weighted by Crippen LogP contribution is -2.49. The third-order valence-electron chi connectivity index (χ3n) is 4.44. The highest BCUT2D eigenvalue weighted by Gasteiger charge is 2.30. The first-order valence-corrected chi connectivity index (χ1v) is 9.48. The van der Waals surface area contributed by atoms with Gasteiger partial charge in [0.15, 0.2) is 0 Å². The third kappa shape index (κ3) is 4.47. The zero-order chi connectivity index (χ0) is 18.5. The Hall–Kier alpha value is -2.25. The Bertz CT molecular complexity index is 766. The van der Waals surface area contributed by atoms with Crippen LogP contribution < -0.4 is 10.6 Å². The van der Waals surface area contributed by atoms with Crippen LogP contribution in [-0.2, 0) is 9.59 Å². The maximum absolute atomic E-state index is 13.6. The SMILES string of the molecule is CC(=O)NC(CC(=O)N1CCNCC1c1cccc(F)c1)c1cccs1. The summed E-state index contributed by atoms with van der Waals surface area (Å²) in [6, 6.07) is 9.63. The Morgan fingerprint density at radius 3 is 2.92 bits per heavy atom. The second-order valence-corrected chi connectivity index (χ2v) is 7.31. The van der Waals surface area contributed by atoms with E-state index >= 15 is 0 Å². The summed E-state index contributed by atoms with van der Waals surface area (Å²) >= 11 is 1.51. The number of hydrogen-bond acceptors (Lipinski definition) is 4. The monoisotopic (exact) mass is 375 g/mol. The van der Waals surface area contributed by atoms with Gasteiger partial charge in [-0.3, -0.25) is 9.59 Å². The summed E-state index contributed by atoms with van der Waals surface area (Å²) in [5.41, 5.74) is 0.776. The van der Waals surface area contributed by atoms with Gasteiger partial charge in [-0.15, -0.1) is 11.3 Å². The Morgan fingerprint density at radius 2 is 2.23 bits per heavy atom. The maximum Gasteiger partial charge on any atom is 0.225 e. The molecule has 0 aliphatic carbocycles. The Morgan fingerprint density at radius 1 is 1.38 bits per heavy atom. The van der Waals surface area contributed by atoms with Gasteiger partial charge in [-0.1, -0.05) is 18.2 Å². The van der Waals surface area contributed by atoms with Crippen molar-refractivity contribution in [2.75, 3.05) is 19.6 Å². The van der Waals surface area contributed by atoms with Gasteiger partial charge in [0, 0.05) is 31.4 Å². The molecule has 0 spiro atoms. The van der Waals surface area contributed by atoms with Crippen LogP contribution in [0.2, 0.25) is 0 Å². The van der Waals surface area contributed by atoms with E-state index in [0.717, 1.165) is 10.4 Å². The summed E-state index contributed by atoms with van der Waals surface area (Å²) < 4.78 is 13.6. The number of hydrogen-bond donors (Lipinski definition) is 2. The number of nitrogens with one attached hydrogen (secondary N) is 2. The first-order chi connectivity index (χ1) is 12.5. The Labute approximate surface area is 156 Å². The molecule has 1 aromatic carbocycles. The van der Waals surface area contributed by atoms with E-state index in [1.807, 2.05) is 23.6 Å². The standard InChI is InChI=1S/C19H22FN3O2S/c1-13(24)22-16(18-6-3-9-26-18)11-19(25)23-8-7-21-12-17(23)14-4-2-5-15(20)10-14/h2-6,9-10,16-17,21H,7-8,11-12H2,1H3,(H,22,24). The van der Waals surface area contributed by atoms with Crippen LogP contribution in [0.25, 0.3) is 0 Å². The summed E-state index contributed by atoms with van der Waals surface area (Å²) in [6.07, 6.45) is 0.186. The molecule has 138 valence electrons. The lowest BCUT2D eigenvalue weighted by molar-refractivity contribution is -0.135. The molecule has 1 aliphatic rings. The van der Waals surface area contributed by atoms with E-state index in [1.54, 1.807) is 11.0 Å². The van der Waals surface area contributed by atoms with Crippen molar-refractivity contribution in [1.82, 2.24) is 15.5 Å². The van der Waals surface area contributed by atoms with E-state index in [4.69, 9.17) is 0 Å². The van der Waals surface area contributed by atoms with Gasteiger partial charge in [-0.25, -0.2) is 4.39 Å². The van der Waals surface area contributed by atoms with E-state index in [9.17, 15) is 14.0 Å². The zero-order valence-electron chi connectivity index (χ0n) is 14.6. The second kappa shape index (κ2) is 8.42. The predicted molar refractivity (Wildman–Crippen MR) is 99.2 cm³/mol. The molecule has 3 rings (SSSR count). The maximum atomic E-state index is 13.6. The largest absolute Gasteiger partial charge is 0.348 e. The van der Waals surface area contributed by atoms with Gasteiger partial charge < -0.3 is 15.5 Å². The van der Waals surface area contributed by atoms with Crippen molar-refractivity contribution in [3.05, 3.63) is 58.0 Å². The molecule has 2 N–H and O–H groups in total. The van der Waals surface area contributed by atoms with E-state index in [1.165, 1.54) is 30.4 Å². The van der Waals surface area contributed by atoms with Gasteiger partial charge in [-0.05, 0) is 29.1 Å². The molecular weight excluding hydrogens is 353 g/mol. The number of carbonyl (C=O) groups excluding carboxylic acids is 2. The van der Waals surface area contributed by atoms with Crippen LogP contribution in [0.5, 0.6) is 0 Å². The molecule has 2 heterocycles. The highest BCUT2D eigenvalue weighted by molar-refractivity contribution is 7.10. The molecule has 2 amide bonds. The molecule has 2 aromatic rings. The first-order valence-electron chi connectivity index (χ1n) is 8.60. The third-order valence-corrected chi connectivity index (χ3v) is 5.43. The molecule has 1 aliphatic heterocycles. The molecule has 5 nitrogen and oxygen atoms in total. The van der Waals surface area contributed by atoms with Gasteiger partial charge in [0.25, 0.3) is 0 Å². The molecule has 1 aromatic heterocycles. The molecule has 7 heteroatoms. The van der Waals surface area contributed by atoms with Gasteiger partial charge in [-0.2, -0.15) is 0 Å². The predicted octanol–water partition coefficient (Wildman–Crippen LogP) is 2.63. The molecule has 2 unspecified atom stereocenters. The Balaban J connectivity index is 1.78. The highest BCUT2D eigenvalue weighted by Crippen LogP contribution is 2.27. The van der Waals surface area contributed by atoms with Crippen molar-refractivity contribution in [3.8, 4) is 0 Å². The van der Waals surface area contributed by atoms with Crippen LogP contribution in [0.15, 0.2) is 41.8 Å². The van der Waals surface area contributed by atoms with Crippen molar-refractivity contribution >= 4 is 23.2 Å². The number of thiophene rings is 1. The highest BCUT2D eigenvalue weighted by atomic mass is 32.1. The van der Waals surface area contributed by atoms with Crippen molar-refractivity contribution < 1.29 is 14.0 Å². The van der Waals surface area contributed by atoms with Gasteiger partial charge in [0.05, 0.1) is 18.5 Å². The average molecular weight is 375 g/mol. The molecule has 0 radical (unpaired) electrons. The quantitative estimate of drug-likeness (QED) is 0.845. The fourth-order valence-electron chi connectivity index (χ4n) is 3.26. The summed E-state index contributed by atoms with van der Waals surface area (Å²) in [5.74, 6) is -0.527. The minimum Gasteiger partial charge on any atom is -0.348 e. The molecule has 26 heavy (non-hydrogen) atoms. The van der Waals surface area contributed by atoms with Crippen molar-refractivity contribution in [2.24, 2.45) is 0 Å². The summed E-state index contributed by atoms with van der Waals surface area (Å²) in [7, 11) is 0. The molecule has 1 fully saturated rings. The number of piperazine rings is 1. The molecule has 2 atom stereocenters. The van der Waals surface area contributed by atoms with Gasteiger partial charge >= 0.3 is 0 Å². The number of benzene rings is 1. The minimum atomic E-state index is -0.344. The summed E-state index contributed by atoms with van der Waals surface area (Å²) in [4.78, 5) is 27.3. The number of carbonyl (C=O) groups is 2. The molecule has 1 saturated heterocycles. The fourth-order valence-corrected chi connectivity index (χ4v) is 4.04. The van der Waals surface area contributed by atoms with Crippen LogP contribution in [0.1, 0.15) is 35.9 Å². The normalized spacial score (nSPS) is 18.4. The van der Waals surface area contributed by atoms with Crippen LogP contribution in [0.4, 0.5) is 4.39 Å². The molecule has 0 bridgehead atoms. The van der Waals surface area contributed by atoms with Gasteiger partial charge in [0.2, 0.25) is 11.8 Å². The minimum absolute atomic E-state index is 0.0482. The van der Waals surface area contributed by atoms with Crippen molar-refractivity contribution in [1.29, 1.82) is 0 Å². The summed E-state index contributed by atoms with van der Waals surface area (Å²) in [6.45, 7) is 3.28. The second-order valence-electron chi connectivity index (χ2n) is 6.33. The van der Waals surface area contributed by atoms with Gasteiger partial charge in [0.1, 0.15) is 5.82 Å². The van der Waals surface area contributed by atoms with Crippen molar-refractivity contribution in [2.45, 2.75) is 25.4 Å². The smallest absolute Gasteiger partial charge is 0.225 e. The number of halogens is 1. The van der Waals surface area contributed by atoms with E-state index in [2.05, 4.69) is 10.6 Å². The first kappa shape index (κ1) is 18.5. The topological polar surface area (TPSA) is 61.4 Å². The van der Waals surface area contributed by atoms with Crippen molar-refractivity contribution in [3.63, 3.8) is 0 Å². The average Bonchev–Trinajstić information content (AvgIpc) is 3.15. The number of rotatable bonds is 5. The van der Waals surface area contributed by atoms with Crippen LogP contribution in [0, 0.1) is 5.82 Å². The van der Waals surface area contributed by atoms with E-state index in [-0.39, 0.29) is 36.1 Å². The lowest BCUT2D eigenvalue weighted by Gasteiger charge is -2.37. The lowest BCUT2D eigenvalue weighted by atomic mass is 10.0. The molecule has 0 saturated carbocycles. The molecular formula is C19H22FN3O2S. The van der Waals surface area contributed by atoms with Crippen LogP contribution in [-0.4, -0.2) is 36.3 Å². The van der Waals surface area contributed by atoms with E-state index < -0.39 is 0 Å². The number of amides is 2. The summed E-state index contributed by atoms with van der Waals surface area (Å²) in [5, 5.41) is 8.06. The fraction of sp³-hybridized carbons (Fsp3) is 0.368.